The van der Waals surface area contributed by atoms with Crippen LogP contribution in [0.25, 0.3) is 0 Å². The summed E-state index contributed by atoms with van der Waals surface area (Å²) in [7, 11) is 1.76. The molecule has 0 atom stereocenters. The molecule has 0 aliphatic rings. The van der Waals surface area contributed by atoms with Crippen LogP contribution in [0.15, 0.2) is 53.6 Å². The van der Waals surface area contributed by atoms with Gasteiger partial charge in [-0.05, 0) is 36.2 Å². The van der Waals surface area contributed by atoms with Gasteiger partial charge in [0.1, 0.15) is 0 Å². The van der Waals surface area contributed by atoms with E-state index in [1.165, 1.54) is 5.56 Å². The van der Waals surface area contributed by atoms with Crippen LogP contribution in [0.5, 0.6) is 11.5 Å². The van der Waals surface area contributed by atoms with Gasteiger partial charge in [0.2, 0.25) is 0 Å². The molecule has 2 aromatic rings. The number of nitrogens with zero attached hydrogens (tertiary/aromatic N) is 1. The van der Waals surface area contributed by atoms with Gasteiger partial charge in [-0.2, -0.15) is 5.10 Å². The van der Waals surface area contributed by atoms with Crippen molar-refractivity contribution in [3.05, 3.63) is 59.7 Å². The third-order valence-electron chi connectivity index (χ3n) is 3.10. The van der Waals surface area contributed by atoms with Crippen molar-refractivity contribution in [2.75, 3.05) is 20.3 Å². The Bertz CT molecular complexity index is 597. The summed E-state index contributed by atoms with van der Waals surface area (Å²) in [5.74, 6) is 1.51. The summed E-state index contributed by atoms with van der Waals surface area (Å²) in [6.45, 7) is 3.18. The van der Waals surface area contributed by atoms with Gasteiger partial charge in [0.05, 0.1) is 19.4 Å². The maximum atomic E-state index is 5.87. The van der Waals surface area contributed by atoms with E-state index in [1.807, 2.05) is 43.3 Å². The Morgan fingerprint density at radius 2 is 1.86 bits per heavy atom. The summed E-state index contributed by atoms with van der Waals surface area (Å²) in [5.41, 5.74) is 4.96. The largest absolute Gasteiger partial charge is 0.490 e. The fourth-order valence-electron chi connectivity index (χ4n) is 2.06. The zero-order chi connectivity index (χ0) is 15.6. The minimum atomic E-state index is 0.599. The van der Waals surface area contributed by atoms with E-state index in [0.29, 0.717) is 13.2 Å². The smallest absolute Gasteiger partial charge is 0.161 e. The van der Waals surface area contributed by atoms with Crippen LogP contribution >= 0.6 is 0 Å². The molecule has 0 radical (unpaired) electrons. The lowest BCUT2D eigenvalue weighted by Gasteiger charge is -2.12. The molecular weight excluding hydrogens is 276 g/mol. The number of rotatable bonds is 8. The second-order valence-corrected chi connectivity index (χ2v) is 4.71. The molecule has 0 fully saturated rings. The quantitative estimate of drug-likeness (QED) is 0.601. The maximum Gasteiger partial charge on any atom is 0.161 e. The monoisotopic (exact) mass is 298 g/mol. The molecule has 0 spiro atoms. The summed E-state index contributed by atoms with van der Waals surface area (Å²) < 4.78 is 11.5. The lowest BCUT2D eigenvalue weighted by molar-refractivity contribution is 0.279. The van der Waals surface area contributed by atoms with Crippen molar-refractivity contribution in [2.24, 2.45) is 5.10 Å². The van der Waals surface area contributed by atoms with Gasteiger partial charge in [-0.1, -0.05) is 30.3 Å². The van der Waals surface area contributed by atoms with Crippen LogP contribution in [-0.2, 0) is 6.42 Å². The minimum absolute atomic E-state index is 0.599. The minimum Gasteiger partial charge on any atom is -0.490 e. The molecule has 0 saturated heterocycles. The SMILES string of the molecule is CCOc1cc(/C=N/NC)ccc1OCCc1ccccc1. The summed E-state index contributed by atoms with van der Waals surface area (Å²) in [6, 6.07) is 16.1. The van der Waals surface area contributed by atoms with E-state index in [1.54, 1.807) is 13.3 Å². The van der Waals surface area contributed by atoms with Crippen molar-refractivity contribution in [3.63, 3.8) is 0 Å². The molecule has 0 bridgehead atoms. The average molecular weight is 298 g/mol. The molecule has 0 saturated carbocycles. The van der Waals surface area contributed by atoms with E-state index in [-0.39, 0.29) is 0 Å². The zero-order valence-corrected chi connectivity index (χ0v) is 13.1. The highest BCUT2D eigenvalue weighted by Crippen LogP contribution is 2.28. The summed E-state index contributed by atoms with van der Waals surface area (Å²) in [6.07, 6.45) is 2.62. The van der Waals surface area contributed by atoms with Crippen LogP contribution in [0, 0.1) is 0 Å². The molecule has 0 unspecified atom stereocenters. The second-order valence-electron chi connectivity index (χ2n) is 4.71. The molecule has 2 rings (SSSR count). The normalized spacial score (nSPS) is 10.6. The summed E-state index contributed by atoms with van der Waals surface area (Å²) in [5, 5.41) is 4.00. The van der Waals surface area contributed by atoms with Gasteiger partial charge in [0, 0.05) is 13.5 Å². The van der Waals surface area contributed by atoms with Crippen molar-refractivity contribution in [2.45, 2.75) is 13.3 Å². The lowest BCUT2D eigenvalue weighted by Crippen LogP contribution is -2.04. The van der Waals surface area contributed by atoms with Crippen molar-refractivity contribution in [1.82, 2.24) is 5.43 Å². The first-order chi connectivity index (χ1) is 10.8. The predicted octanol–water partition coefficient (Wildman–Crippen LogP) is 3.26. The fraction of sp³-hybridized carbons (Fsp3) is 0.278. The number of hydrazone groups is 1. The van der Waals surface area contributed by atoms with Crippen molar-refractivity contribution in [3.8, 4) is 11.5 Å². The third-order valence-corrected chi connectivity index (χ3v) is 3.10. The first-order valence-corrected chi connectivity index (χ1v) is 7.47. The molecule has 0 heterocycles. The Kier molecular flexibility index (Phi) is 6.30. The maximum absolute atomic E-state index is 5.87. The second kappa shape index (κ2) is 8.72. The van der Waals surface area contributed by atoms with Crippen molar-refractivity contribution in [1.29, 1.82) is 0 Å². The zero-order valence-electron chi connectivity index (χ0n) is 13.1. The molecule has 0 aliphatic carbocycles. The predicted molar refractivity (Wildman–Crippen MR) is 89.9 cm³/mol. The summed E-state index contributed by atoms with van der Waals surface area (Å²) in [4.78, 5) is 0. The highest BCUT2D eigenvalue weighted by atomic mass is 16.5. The van der Waals surface area contributed by atoms with Gasteiger partial charge >= 0.3 is 0 Å². The number of hydrogen-bond acceptors (Lipinski definition) is 4. The van der Waals surface area contributed by atoms with Gasteiger partial charge in [0.25, 0.3) is 0 Å². The van der Waals surface area contributed by atoms with Gasteiger partial charge in [-0.3, -0.25) is 0 Å². The Labute approximate surface area is 131 Å². The number of ether oxygens (including phenoxy) is 2. The van der Waals surface area contributed by atoms with E-state index in [9.17, 15) is 0 Å². The van der Waals surface area contributed by atoms with Crippen molar-refractivity contribution < 1.29 is 9.47 Å². The topological polar surface area (TPSA) is 42.8 Å². The van der Waals surface area contributed by atoms with Gasteiger partial charge in [0.15, 0.2) is 11.5 Å². The number of benzene rings is 2. The highest BCUT2D eigenvalue weighted by molar-refractivity contribution is 5.80. The molecule has 0 aromatic heterocycles. The van der Waals surface area contributed by atoms with E-state index in [4.69, 9.17) is 9.47 Å². The molecule has 4 nitrogen and oxygen atoms in total. The third kappa shape index (κ3) is 4.81. The average Bonchev–Trinajstić information content (AvgIpc) is 2.56. The fourth-order valence-corrected chi connectivity index (χ4v) is 2.06. The molecule has 0 aliphatic heterocycles. The van der Waals surface area contributed by atoms with Gasteiger partial charge in [-0.15, -0.1) is 0 Å². The van der Waals surface area contributed by atoms with Crippen LogP contribution in [0.2, 0.25) is 0 Å². The first kappa shape index (κ1) is 15.9. The van der Waals surface area contributed by atoms with E-state index < -0.39 is 0 Å². The molecule has 22 heavy (non-hydrogen) atoms. The Morgan fingerprint density at radius 3 is 2.59 bits per heavy atom. The molecule has 116 valence electrons. The number of nitrogens with one attached hydrogen (secondary N) is 1. The summed E-state index contributed by atoms with van der Waals surface area (Å²) >= 11 is 0. The van der Waals surface area contributed by atoms with E-state index >= 15 is 0 Å². The Balaban J connectivity index is 2.01. The molecule has 2 aromatic carbocycles. The van der Waals surface area contributed by atoms with Crippen LogP contribution in [0.3, 0.4) is 0 Å². The van der Waals surface area contributed by atoms with Gasteiger partial charge < -0.3 is 14.9 Å². The Hall–Kier alpha value is -2.49. The highest BCUT2D eigenvalue weighted by Gasteiger charge is 2.06. The van der Waals surface area contributed by atoms with Crippen LogP contribution < -0.4 is 14.9 Å². The van der Waals surface area contributed by atoms with Gasteiger partial charge in [-0.25, -0.2) is 0 Å². The van der Waals surface area contributed by atoms with E-state index in [0.717, 1.165) is 23.5 Å². The molecule has 1 N–H and O–H groups in total. The standard InChI is InChI=1S/C18H22N2O2/c1-3-21-18-13-16(14-20-19-2)9-10-17(18)22-12-11-15-7-5-4-6-8-15/h4-10,13-14,19H,3,11-12H2,1-2H3/b20-14+. The van der Waals surface area contributed by atoms with E-state index in [2.05, 4.69) is 22.7 Å². The molecule has 4 heteroatoms. The van der Waals surface area contributed by atoms with Crippen molar-refractivity contribution >= 4 is 6.21 Å². The number of hydrogen-bond donors (Lipinski definition) is 1. The Morgan fingerprint density at radius 1 is 1.05 bits per heavy atom. The lowest BCUT2D eigenvalue weighted by atomic mass is 10.2. The van der Waals surface area contributed by atoms with Crippen LogP contribution in [0.1, 0.15) is 18.1 Å². The molecule has 0 amide bonds. The van der Waals surface area contributed by atoms with Crippen LogP contribution in [-0.4, -0.2) is 26.5 Å². The first-order valence-electron chi connectivity index (χ1n) is 7.47. The molecular formula is C18H22N2O2. The van der Waals surface area contributed by atoms with Crippen LogP contribution in [0.4, 0.5) is 0 Å².